The van der Waals surface area contributed by atoms with Crippen molar-refractivity contribution in [3.8, 4) is 0 Å². The molecule has 0 atom stereocenters. The number of unbranched alkanes of at least 4 members (excludes halogenated alkanes) is 1. The van der Waals surface area contributed by atoms with E-state index in [0.717, 1.165) is 0 Å². The van der Waals surface area contributed by atoms with Crippen LogP contribution in [-0.4, -0.2) is 0 Å². The van der Waals surface area contributed by atoms with Crippen LogP contribution >= 0.6 is 0 Å². The van der Waals surface area contributed by atoms with Crippen LogP contribution in [0.3, 0.4) is 0 Å². The predicted octanol–water partition coefficient (Wildman–Crippen LogP) is 4.26. The van der Waals surface area contributed by atoms with Gasteiger partial charge in [0.2, 0.25) is 0 Å². The van der Waals surface area contributed by atoms with Gasteiger partial charge in [-0.05, 0) is 27.2 Å². The zero-order chi connectivity index (χ0) is 9.40. The van der Waals surface area contributed by atoms with Gasteiger partial charge in [-0.3, -0.25) is 0 Å². The summed E-state index contributed by atoms with van der Waals surface area (Å²) in [6, 6.07) is 0. The topological polar surface area (TPSA) is 0 Å². The van der Waals surface area contributed by atoms with Gasteiger partial charge in [-0.25, -0.2) is 0 Å². The molecule has 0 heterocycles. The predicted molar refractivity (Wildman–Crippen MR) is 57.2 cm³/mol. The molecule has 68 valence electrons. The highest BCUT2D eigenvalue weighted by Crippen LogP contribution is 2.00. The quantitative estimate of drug-likeness (QED) is 0.545. The van der Waals surface area contributed by atoms with Crippen molar-refractivity contribution in [3.63, 3.8) is 0 Å². The molecule has 0 nitrogen and oxygen atoms in total. The zero-order valence-electron chi connectivity index (χ0n) is 8.72. The van der Waals surface area contributed by atoms with Crippen molar-refractivity contribution >= 4 is 0 Å². The molecule has 0 aliphatic carbocycles. The molecule has 0 radical (unpaired) electrons. The van der Waals surface area contributed by atoms with Gasteiger partial charge in [0, 0.05) is 0 Å². The number of rotatable bonds is 4. The highest BCUT2D eigenvalue weighted by molar-refractivity contribution is 5.21. The van der Waals surface area contributed by atoms with E-state index >= 15 is 0 Å². The van der Waals surface area contributed by atoms with E-state index in [1.165, 1.54) is 24.0 Å². The molecule has 0 aromatic heterocycles. The molecular formula is C12H20. The summed E-state index contributed by atoms with van der Waals surface area (Å²) in [6.07, 6.45) is 11.1. The second-order valence-electron chi connectivity index (χ2n) is 3.34. The van der Waals surface area contributed by atoms with Crippen molar-refractivity contribution in [1.29, 1.82) is 0 Å². The number of hydrogen-bond acceptors (Lipinski definition) is 0. The van der Waals surface area contributed by atoms with Gasteiger partial charge < -0.3 is 0 Å². The Bertz CT molecular complexity index is 188. The van der Waals surface area contributed by atoms with Gasteiger partial charge in [0.15, 0.2) is 0 Å². The van der Waals surface area contributed by atoms with Gasteiger partial charge in [0.05, 0.1) is 0 Å². The van der Waals surface area contributed by atoms with Gasteiger partial charge in [-0.2, -0.15) is 0 Å². The average Bonchev–Trinajstić information content (AvgIpc) is 2.00. The van der Waals surface area contributed by atoms with Crippen LogP contribution in [0.2, 0.25) is 0 Å². The second kappa shape index (κ2) is 6.90. The van der Waals surface area contributed by atoms with E-state index in [0.29, 0.717) is 0 Å². The first-order valence-electron chi connectivity index (χ1n) is 4.65. The molecule has 12 heavy (non-hydrogen) atoms. The van der Waals surface area contributed by atoms with Crippen LogP contribution in [0.25, 0.3) is 0 Å². The highest BCUT2D eigenvalue weighted by atomic mass is 13.9. The van der Waals surface area contributed by atoms with Crippen molar-refractivity contribution in [2.24, 2.45) is 0 Å². The minimum Gasteiger partial charge on any atom is -0.0816 e. The summed E-state index contributed by atoms with van der Waals surface area (Å²) in [7, 11) is 0. The van der Waals surface area contributed by atoms with Gasteiger partial charge in [0.1, 0.15) is 0 Å². The summed E-state index contributed by atoms with van der Waals surface area (Å²) in [6.45, 7) is 8.56. The normalized spacial score (nSPS) is 12.2. The maximum absolute atomic E-state index is 2.27. The molecule has 0 saturated heterocycles. The first-order valence-corrected chi connectivity index (χ1v) is 4.65. The Kier molecular flexibility index (Phi) is 6.45. The molecule has 0 rings (SSSR count). The molecule has 0 bridgehead atoms. The molecule has 0 fully saturated rings. The molecule has 0 spiro atoms. The lowest BCUT2D eigenvalue weighted by atomic mass is 10.2. The summed E-state index contributed by atoms with van der Waals surface area (Å²) >= 11 is 0. The minimum atomic E-state index is 1.19. The van der Waals surface area contributed by atoms with Crippen LogP contribution in [-0.2, 0) is 0 Å². The van der Waals surface area contributed by atoms with Crippen molar-refractivity contribution < 1.29 is 0 Å². The van der Waals surface area contributed by atoms with Crippen molar-refractivity contribution in [1.82, 2.24) is 0 Å². The van der Waals surface area contributed by atoms with E-state index in [1.54, 1.807) is 0 Å². The lowest BCUT2D eigenvalue weighted by Gasteiger charge is -1.90. The monoisotopic (exact) mass is 164 g/mol. The Morgan fingerprint density at radius 1 is 1.17 bits per heavy atom. The van der Waals surface area contributed by atoms with E-state index < -0.39 is 0 Å². The smallest absolute Gasteiger partial charge is 0.0348 e. The standard InChI is InChI=1S/C12H20/c1-5-6-9-12(4)10-7-8-11(2)3/h7-10H,5-6H2,1-4H3/b10-7+,12-9+. The summed E-state index contributed by atoms with van der Waals surface area (Å²) < 4.78 is 0. The zero-order valence-corrected chi connectivity index (χ0v) is 8.72. The Morgan fingerprint density at radius 3 is 2.33 bits per heavy atom. The van der Waals surface area contributed by atoms with Gasteiger partial charge >= 0.3 is 0 Å². The maximum Gasteiger partial charge on any atom is -0.0348 e. The van der Waals surface area contributed by atoms with Crippen LogP contribution in [0.4, 0.5) is 0 Å². The van der Waals surface area contributed by atoms with E-state index in [9.17, 15) is 0 Å². The molecule has 0 aromatic rings. The fourth-order valence-corrected chi connectivity index (χ4v) is 0.832. The van der Waals surface area contributed by atoms with Gasteiger partial charge in [-0.1, -0.05) is 48.8 Å². The van der Waals surface area contributed by atoms with E-state index in [2.05, 4.69) is 52.0 Å². The Balaban J connectivity index is 3.90. The highest BCUT2D eigenvalue weighted by Gasteiger charge is 1.79. The van der Waals surface area contributed by atoms with Gasteiger partial charge in [-0.15, -0.1) is 0 Å². The summed E-state index contributed by atoms with van der Waals surface area (Å²) in [5, 5.41) is 0. The lowest BCUT2D eigenvalue weighted by molar-refractivity contribution is 0.952. The lowest BCUT2D eigenvalue weighted by Crippen LogP contribution is -1.69. The third kappa shape index (κ3) is 7.33. The molecule has 0 aliphatic rings. The molecule has 0 heteroatoms. The average molecular weight is 164 g/mol. The number of hydrogen-bond donors (Lipinski definition) is 0. The largest absolute Gasteiger partial charge is 0.0816 e. The molecular weight excluding hydrogens is 144 g/mol. The first-order chi connectivity index (χ1) is 5.66. The Morgan fingerprint density at radius 2 is 1.83 bits per heavy atom. The van der Waals surface area contributed by atoms with Crippen LogP contribution in [0.1, 0.15) is 40.5 Å². The summed E-state index contributed by atoms with van der Waals surface area (Å²) in [5.74, 6) is 0. The first kappa shape index (κ1) is 11.2. The Hall–Kier alpha value is -0.780. The second-order valence-corrected chi connectivity index (χ2v) is 3.34. The van der Waals surface area contributed by atoms with Crippen molar-refractivity contribution in [2.45, 2.75) is 40.5 Å². The minimum absolute atomic E-state index is 1.19. The van der Waals surface area contributed by atoms with E-state index in [-0.39, 0.29) is 0 Å². The molecule has 0 saturated carbocycles. The van der Waals surface area contributed by atoms with E-state index in [4.69, 9.17) is 0 Å². The van der Waals surface area contributed by atoms with Crippen molar-refractivity contribution in [3.05, 3.63) is 35.5 Å². The van der Waals surface area contributed by atoms with Crippen LogP contribution < -0.4 is 0 Å². The fourth-order valence-electron chi connectivity index (χ4n) is 0.832. The van der Waals surface area contributed by atoms with Crippen LogP contribution in [0.5, 0.6) is 0 Å². The van der Waals surface area contributed by atoms with Crippen LogP contribution in [0, 0.1) is 0 Å². The summed E-state index contributed by atoms with van der Waals surface area (Å²) in [4.78, 5) is 0. The van der Waals surface area contributed by atoms with Crippen LogP contribution in [0.15, 0.2) is 35.5 Å². The fraction of sp³-hybridized carbons (Fsp3) is 0.500. The maximum atomic E-state index is 2.27. The van der Waals surface area contributed by atoms with Gasteiger partial charge in [0.25, 0.3) is 0 Å². The van der Waals surface area contributed by atoms with Crippen molar-refractivity contribution in [2.75, 3.05) is 0 Å². The Labute approximate surface area is 76.7 Å². The van der Waals surface area contributed by atoms with E-state index in [1.807, 2.05) is 0 Å². The third-order valence-electron chi connectivity index (χ3n) is 1.54. The SMILES string of the molecule is CCC/C=C(C)/C=C/C=C(C)C. The molecule has 0 N–H and O–H groups in total. The molecule has 0 unspecified atom stereocenters. The summed E-state index contributed by atoms with van der Waals surface area (Å²) in [5.41, 5.74) is 2.70. The third-order valence-corrected chi connectivity index (χ3v) is 1.54. The molecule has 0 amide bonds. The number of allylic oxidation sites excluding steroid dienone is 6. The molecule has 0 aliphatic heterocycles. The molecule has 0 aromatic carbocycles.